The fraction of sp³-hybridized carbons (Fsp3) is 0.333. The van der Waals surface area contributed by atoms with Gasteiger partial charge in [-0.3, -0.25) is 0 Å². The zero-order valence-electron chi connectivity index (χ0n) is 9.86. The van der Waals surface area contributed by atoms with Crippen LogP contribution in [-0.2, 0) is 11.1 Å². The van der Waals surface area contributed by atoms with Crippen molar-refractivity contribution in [1.82, 2.24) is 0 Å². The zero-order valence-corrected chi connectivity index (χ0v) is 10.9. The van der Waals surface area contributed by atoms with E-state index >= 15 is 0 Å². The first kappa shape index (κ1) is 13.6. The van der Waals surface area contributed by atoms with Gasteiger partial charge in [0.25, 0.3) is 0 Å². The monoisotopic (exact) mass is 226 g/mol. The molecule has 4 heteroatoms. The summed E-state index contributed by atoms with van der Waals surface area (Å²) in [4.78, 5) is 0.473. The van der Waals surface area contributed by atoms with E-state index in [2.05, 4.69) is 13.8 Å². The van der Waals surface area contributed by atoms with Crippen molar-refractivity contribution in [3.05, 3.63) is 29.8 Å². The predicted octanol–water partition coefficient (Wildman–Crippen LogP) is 2.23. The van der Waals surface area contributed by atoms with Crippen LogP contribution in [0.2, 0.25) is 0 Å². The second-order valence-electron chi connectivity index (χ2n) is 2.98. The molecule has 0 aliphatic carbocycles. The average Bonchev–Trinajstić information content (AvgIpc) is 2.04. The number of hydrogen-bond donors (Lipinski definition) is 1. The van der Waals surface area contributed by atoms with Crippen LogP contribution in [0.25, 0.3) is 0 Å². The van der Waals surface area contributed by atoms with Gasteiger partial charge in [0.05, 0.1) is 4.90 Å². The molecule has 0 spiro atoms. The second-order valence-corrected chi connectivity index (χ2v) is 3.95. The van der Waals surface area contributed by atoms with Crippen LogP contribution in [0.1, 0.15) is 28.2 Å². The van der Waals surface area contributed by atoms with Crippen molar-refractivity contribution < 1.29 is 11.6 Å². The first-order valence-electron chi connectivity index (χ1n) is 3.82. The van der Waals surface area contributed by atoms with E-state index in [9.17, 15) is 4.21 Å². The molecule has 0 saturated heterocycles. The summed E-state index contributed by atoms with van der Waals surface area (Å²) in [5.74, 6) is 0.397. The third-order valence-electron chi connectivity index (χ3n) is 1.73. The Hall–Kier alpha value is 0.590. The van der Waals surface area contributed by atoms with Gasteiger partial charge in [-0.15, -0.1) is 0 Å². The molecule has 1 N–H and O–H groups in total. The molecular weight excluding hydrogens is 212 g/mol. The van der Waals surface area contributed by atoms with Crippen LogP contribution in [0.15, 0.2) is 29.2 Å². The molecule has 0 aromatic heterocycles. The molecule has 70 valence electrons. The van der Waals surface area contributed by atoms with E-state index in [1.165, 1.54) is 0 Å². The Labute approximate surface area is 114 Å². The van der Waals surface area contributed by atoms with Crippen molar-refractivity contribution in [2.24, 2.45) is 0 Å². The van der Waals surface area contributed by atoms with Crippen LogP contribution in [-0.4, -0.2) is 46.5 Å². The number of benzene rings is 1. The Balaban J connectivity index is -0.000000480. The Morgan fingerprint density at radius 1 is 1.46 bits per heavy atom. The van der Waals surface area contributed by atoms with E-state index in [-0.39, 0.29) is 40.6 Å². The summed E-state index contributed by atoms with van der Waals surface area (Å²) >= 11 is -1.86. The second kappa shape index (κ2) is 6.14. The minimum absolute atomic E-state index is 0. The van der Waals surface area contributed by atoms with Gasteiger partial charge in [-0.2, -0.15) is 0 Å². The fourth-order valence-corrected chi connectivity index (χ4v) is 1.41. The molecule has 13 heavy (non-hydrogen) atoms. The van der Waals surface area contributed by atoms with Gasteiger partial charge in [0, 0.05) is 0 Å². The molecule has 1 aromatic carbocycles. The molecule has 0 amide bonds. The van der Waals surface area contributed by atoms with Crippen LogP contribution >= 0.6 is 0 Å². The summed E-state index contributed by atoms with van der Waals surface area (Å²) in [6.07, 6.45) is 0. The van der Waals surface area contributed by atoms with E-state index in [0.717, 1.165) is 5.56 Å². The van der Waals surface area contributed by atoms with Gasteiger partial charge in [0.1, 0.15) is 0 Å². The largest absolute Gasteiger partial charge is 2.00 e. The van der Waals surface area contributed by atoms with Crippen LogP contribution < -0.4 is 0 Å². The molecule has 0 aliphatic rings. The summed E-state index contributed by atoms with van der Waals surface area (Å²) < 4.78 is 19.5. The Kier molecular flexibility index (Phi) is 6.42. The van der Waals surface area contributed by atoms with Crippen molar-refractivity contribution >= 4 is 48.8 Å². The first-order valence-corrected chi connectivity index (χ1v) is 4.92. The van der Waals surface area contributed by atoms with Crippen LogP contribution in [0.4, 0.5) is 0 Å². The molecule has 0 saturated carbocycles. The third kappa shape index (κ3) is 4.09. The maximum absolute atomic E-state index is 10.7. The summed E-state index contributed by atoms with van der Waals surface area (Å²) in [6.45, 7) is 4.11. The summed E-state index contributed by atoms with van der Waals surface area (Å²) in [7, 11) is 0. The SMILES string of the molecule is CC(C)c1cccc(S(=O)O)c1.[Ca+2].[H-].[H-]. The summed E-state index contributed by atoms with van der Waals surface area (Å²) in [6, 6.07) is 7.18. The Morgan fingerprint density at radius 3 is 2.54 bits per heavy atom. The number of rotatable bonds is 2. The smallest absolute Gasteiger partial charge is 1.00 e. The molecule has 0 aliphatic heterocycles. The molecule has 0 radical (unpaired) electrons. The van der Waals surface area contributed by atoms with Gasteiger partial charge in [-0.1, -0.05) is 26.0 Å². The average molecular weight is 226 g/mol. The van der Waals surface area contributed by atoms with E-state index in [0.29, 0.717) is 10.8 Å². The molecule has 0 fully saturated rings. The maximum atomic E-state index is 10.7. The van der Waals surface area contributed by atoms with Crippen molar-refractivity contribution in [2.45, 2.75) is 24.7 Å². The van der Waals surface area contributed by atoms with Crippen LogP contribution in [0.3, 0.4) is 0 Å². The minimum Gasteiger partial charge on any atom is -1.00 e. The van der Waals surface area contributed by atoms with Crippen molar-refractivity contribution in [3.8, 4) is 0 Å². The molecule has 1 atom stereocenters. The predicted molar refractivity (Wildman–Crippen MR) is 57.5 cm³/mol. The molecular formula is C9H14CaO2S. The maximum Gasteiger partial charge on any atom is 2.00 e. The summed E-state index contributed by atoms with van der Waals surface area (Å²) in [5.41, 5.74) is 1.09. The van der Waals surface area contributed by atoms with Gasteiger partial charge in [-0.25, -0.2) is 4.21 Å². The fourth-order valence-electron chi connectivity index (χ4n) is 0.982. The van der Waals surface area contributed by atoms with Gasteiger partial charge in [0.15, 0.2) is 11.1 Å². The van der Waals surface area contributed by atoms with Gasteiger partial charge < -0.3 is 7.41 Å². The quantitative estimate of drug-likeness (QED) is 0.620. The van der Waals surface area contributed by atoms with E-state index < -0.39 is 11.1 Å². The Morgan fingerprint density at radius 2 is 2.08 bits per heavy atom. The molecule has 1 unspecified atom stereocenters. The standard InChI is InChI=1S/C9H12O2S.Ca.2H/c1-7(2)8-4-3-5-9(6-8)12(10)11;;;/h3-7H,1-2H3,(H,10,11);;;/q;+2;2*-1. The molecule has 0 heterocycles. The van der Waals surface area contributed by atoms with Crippen LogP contribution in [0.5, 0.6) is 0 Å². The molecule has 1 aromatic rings. The van der Waals surface area contributed by atoms with Crippen molar-refractivity contribution in [1.29, 1.82) is 0 Å². The summed E-state index contributed by atoms with van der Waals surface area (Å²) in [5, 5.41) is 0. The Bertz CT molecular complexity index is 308. The van der Waals surface area contributed by atoms with E-state index in [1.807, 2.05) is 6.07 Å². The molecule has 0 bridgehead atoms. The van der Waals surface area contributed by atoms with Crippen LogP contribution in [0, 0.1) is 0 Å². The van der Waals surface area contributed by atoms with Crippen molar-refractivity contribution in [3.63, 3.8) is 0 Å². The third-order valence-corrected chi connectivity index (χ3v) is 2.38. The van der Waals surface area contributed by atoms with Gasteiger partial charge in [0.2, 0.25) is 0 Å². The van der Waals surface area contributed by atoms with Crippen molar-refractivity contribution in [2.75, 3.05) is 0 Å². The zero-order chi connectivity index (χ0) is 9.14. The number of hydrogen-bond acceptors (Lipinski definition) is 1. The van der Waals surface area contributed by atoms with Gasteiger partial charge >= 0.3 is 37.7 Å². The molecule has 2 nitrogen and oxygen atoms in total. The minimum atomic E-state index is -1.86. The van der Waals surface area contributed by atoms with Gasteiger partial charge in [-0.05, 0) is 23.6 Å². The first-order chi connectivity index (χ1) is 5.61. The van der Waals surface area contributed by atoms with E-state index in [1.54, 1.807) is 18.2 Å². The molecule has 1 rings (SSSR count). The van der Waals surface area contributed by atoms with E-state index in [4.69, 9.17) is 4.55 Å². The normalized spacial score (nSPS) is 12.3. The topological polar surface area (TPSA) is 37.3 Å².